The Balaban J connectivity index is 1.14. The number of piperidine rings is 1. The van der Waals surface area contributed by atoms with E-state index in [0.717, 1.165) is 87.2 Å². The van der Waals surface area contributed by atoms with E-state index in [-0.39, 0.29) is 5.82 Å². The summed E-state index contributed by atoms with van der Waals surface area (Å²) in [4.78, 5) is 20.5. The van der Waals surface area contributed by atoms with E-state index in [1.807, 2.05) is 36.4 Å². The van der Waals surface area contributed by atoms with Gasteiger partial charge in [-0.25, -0.2) is 19.0 Å². The fourth-order valence-corrected chi connectivity index (χ4v) is 5.25. The number of hydrogen-bond acceptors (Lipinski definition) is 8. The average Bonchev–Trinajstić information content (AvgIpc) is 3.48. The lowest BCUT2D eigenvalue weighted by Gasteiger charge is -2.33. The van der Waals surface area contributed by atoms with Crippen molar-refractivity contribution in [3.05, 3.63) is 66.9 Å². The number of nitrogens with one attached hydrogen (secondary N) is 1. The van der Waals surface area contributed by atoms with Crippen molar-refractivity contribution in [1.82, 2.24) is 29.6 Å². The van der Waals surface area contributed by atoms with Gasteiger partial charge in [0.15, 0.2) is 0 Å². The first-order valence-electron chi connectivity index (χ1n) is 13.8. The minimum Gasteiger partial charge on any atom is -0.371 e. The van der Waals surface area contributed by atoms with Crippen molar-refractivity contribution in [2.45, 2.75) is 26.2 Å². The Kier molecular flexibility index (Phi) is 7.36. The van der Waals surface area contributed by atoms with Crippen LogP contribution in [0.3, 0.4) is 0 Å². The molecule has 0 atom stereocenters. The topological polar surface area (TPSA) is 78.2 Å². The fourth-order valence-electron chi connectivity index (χ4n) is 5.25. The lowest BCUT2D eigenvalue weighted by molar-refractivity contribution is 0.270. The quantitative estimate of drug-likeness (QED) is 0.369. The number of anilines is 4. The molecule has 1 N–H and O–H groups in total. The first-order valence-corrected chi connectivity index (χ1v) is 13.8. The standard InChI is InChI=1S/C29H34FN9/c1-2-36-14-16-38(17-15-36)29-32-21-39(35-29)25-8-6-24(7-9-25)33-28-31-11-10-27(34-28)22-18-23(30)20-26(19-22)37-12-4-3-5-13-37/h6-11,18-21H,2-5,12-17H2,1H3,(H,31,33,34). The molecule has 2 fully saturated rings. The summed E-state index contributed by atoms with van der Waals surface area (Å²) >= 11 is 0. The van der Waals surface area contributed by atoms with Crippen LogP contribution in [0.2, 0.25) is 0 Å². The van der Waals surface area contributed by atoms with Gasteiger partial charge < -0.3 is 20.0 Å². The van der Waals surface area contributed by atoms with E-state index in [1.54, 1.807) is 23.3 Å². The number of rotatable bonds is 7. The third-order valence-electron chi connectivity index (χ3n) is 7.53. The molecule has 6 rings (SSSR count). The van der Waals surface area contributed by atoms with Crippen molar-refractivity contribution in [2.24, 2.45) is 0 Å². The number of piperazine rings is 1. The van der Waals surface area contributed by atoms with Gasteiger partial charge in [0, 0.05) is 62.4 Å². The van der Waals surface area contributed by atoms with Crippen molar-refractivity contribution in [1.29, 1.82) is 0 Å². The Hall–Kier alpha value is -4.05. The first-order chi connectivity index (χ1) is 19.1. The van der Waals surface area contributed by atoms with E-state index in [9.17, 15) is 4.39 Å². The van der Waals surface area contributed by atoms with Crippen LogP contribution in [-0.4, -0.2) is 75.4 Å². The minimum atomic E-state index is -0.253. The lowest BCUT2D eigenvalue weighted by Crippen LogP contribution is -2.46. The summed E-state index contributed by atoms with van der Waals surface area (Å²) in [7, 11) is 0. The van der Waals surface area contributed by atoms with Crippen LogP contribution in [0, 0.1) is 5.82 Å². The van der Waals surface area contributed by atoms with Gasteiger partial charge in [-0.2, -0.15) is 4.98 Å². The van der Waals surface area contributed by atoms with E-state index < -0.39 is 0 Å². The highest BCUT2D eigenvalue weighted by atomic mass is 19.1. The zero-order chi connectivity index (χ0) is 26.6. The predicted octanol–water partition coefficient (Wildman–Crippen LogP) is 4.74. The monoisotopic (exact) mass is 527 g/mol. The van der Waals surface area contributed by atoms with Gasteiger partial charge in [0.2, 0.25) is 11.9 Å². The molecule has 0 bridgehead atoms. The molecule has 10 heteroatoms. The summed E-state index contributed by atoms with van der Waals surface area (Å²) in [6, 6.07) is 14.9. The van der Waals surface area contributed by atoms with Gasteiger partial charge in [-0.15, -0.1) is 5.10 Å². The molecule has 202 valence electrons. The second-order valence-electron chi connectivity index (χ2n) is 10.1. The van der Waals surface area contributed by atoms with Gasteiger partial charge in [0.1, 0.15) is 12.1 Å². The van der Waals surface area contributed by atoms with Crippen LogP contribution in [0.4, 0.5) is 27.7 Å². The molecule has 4 aromatic rings. The molecule has 39 heavy (non-hydrogen) atoms. The predicted molar refractivity (Wildman–Crippen MR) is 152 cm³/mol. The Morgan fingerprint density at radius 2 is 1.62 bits per heavy atom. The number of hydrogen-bond donors (Lipinski definition) is 1. The number of halogens is 1. The number of nitrogens with zero attached hydrogens (tertiary/aromatic N) is 8. The van der Waals surface area contributed by atoms with Crippen LogP contribution < -0.4 is 15.1 Å². The summed E-state index contributed by atoms with van der Waals surface area (Å²) in [5.74, 6) is 0.966. The summed E-state index contributed by atoms with van der Waals surface area (Å²) in [5.41, 5.74) is 4.10. The number of likely N-dealkylation sites (N-methyl/N-ethyl adjacent to an activating group) is 1. The van der Waals surface area contributed by atoms with Crippen LogP contribution in [0.1, 0.15) is 26.2 Å². The molecule has 2 aliphatic heterocycles. The Morgan fingerprint density at radius 3 is 2.38 bits per heavy atom. The minimum absolute atomic E-state index is 0.253. The molecule has 0 saturated carbocycles. The normalized spacial score (nSPS) is 16.5. The van der Waals surface area contributed by atoms with E-state index >= 15 is 0 Å². The second-order valence-corrected chi connectivity index (χ2v) is 10.1. The smallest absolute Gasteiger partial charge is 0.245 e. The van der Waals surface area contributed by atoms with E-state index in [0.29, 0.717) is 11.6 Å². The summed E-state index contributed by atoms with van der Waals surface area (Å²) in [6.45, 7) is 9.14. The van der Waals surface area contributed by atoms with Crippen molar-refractivity contribution in [3.63, 3.8) is 0 Å². The molecular formula is C29H34FN9. The third kappa shape index (κ3) is 5.85. The average molecular weight is 528 g/mol. The van der Waals surface area contributed by atoms with Gasteiger partial charge in [-0.05, 0) is 74.3 Å². The van der Waals surface area contributed by atoms with Gasteiger partial charge >= 0.3 is 0 Å². The lowest BCUT2D eigenvalue weighted by atomic mass is 10.1. The van der Waals surface area contributed by atoms with Crippen molar-refractivity contribution < 1.29 is 4.39 Å². The fraction of sp³-hybridized carbons (Fsp3) is 0.379. The van der Waals surface area contributed by atoms with Gasteiger partial charge in [0.05, 0.1) is 11.4 Å². The molecule has 0 unspecified atom stereocenters. The summed E-state index contributed by atoms with van der Waals surface area (Å²) in [6.07, 6.45) is 6.97. The SMILES string of the molecule is CCN1CCN(c2ncn(-c3ccc(Nc4nccc(-c5cc(F)cc(N6CCCCC6)c5)n4)cc3)n2)CC1. The highest BCUT2D eigenvalue weighted by Crippen LogP contribution is 2.28. The van der Waals surface area contributed by atoms with Gasteiger partial charge in [0.25, 0.3) is 0 Å². The molecule has 2 aliphatic rings. The maximum Gasteiger partial charge on any atom is 0.245 e. The molecule has 0 amide bonds. The molecule has 0 aliphatic carbocycles. The Labute approximate surface area is 228 Å². The van der Waals surface area contributed by atoms with Gasteiger partial charge in [-0.1, -0.05) is 6.92 Å². The van der Waals surface area contributed by atoms with Gasteiger partial charge in [-0.3, -0.25) is 0 Å². The molecule has 2 saturated heterocycles. The largest absolute Gasteiger partial charge is 0.371 e. The highest BCUT2D eigenvalue weighted by Gasteiger charge is 2.19. The first kappa shape index (κ1) is 25.2. The molecule has 9 nitrogen and oxygen atoms in total. The molecule has 4 heterocycles. The van der Waals surface area contributed by atoms with Crippen molar-refractivity contribution in [3.8, 4) is 16.9 Å². The zero-order valence-electron chi connectivity index (χ0n) is 22.3. The molecular weight excluding hydrogens is 493 g/mol. The van der Waals surface area contributed by atoms with Crippen LogP contribution in [0.5, 0.6) is 0 Å². The van der Waals surface area contributed by atoms with E-state index in [1.165, 1.54) is 12.5 Å². The number of aromatic nitrogens is 5. The van der Waals surface area contributed by atoms with Crippen LogP contribution in [0.25, 0.3) is 16.9 Å². The van der Waals surface area contributed by atoms with Crippen molar-refractivity contribution in [2.75, 3.05) is 60.9 Å². The third-order valence-corrected chi connectivity index (χ3v) is 7.53. The second kappa shape index (κ2) is 11.4. The molecule has 2 aromatic heterocycles. The van der Waals surface area contributed by atoms with E-state index in [2.05, 4.69) is 41.9 Å². The molecule has 0 radical (unpaired) electrons. The summed E-state index contributed by atoms with van der Waals surface area (Å²) in [5, 5.41) is 7.96. The molecule has 0 spiro atoms. The maximum atomic E-state index is 14.5. The Morgan fingerprint density at radius 1 is 0.821 bits per heavy atom. The van der Waals surface area contributed by atoms with Crippen LogP contribution >= 0.6 is 0 Å². The number of benzene rings is 2. The Bertz CT molecular complexity index is 1390. The molecule has 2 aromatic carbocycles. The highest BCUT2D eigenvalue weighted by molar-refractivity contribution is 5.67. The van der Waals surface area contributed by atoms with E-state index in [4.69, 9.17) is 5.10 Å². The zero-order valence-corrected chi connectivity index (χ0v) is 22.3. The van der Waals surface area contributed by atoms with Crippen LogP contribution in [0.15, 0.2) is 61.1 Å². The van der Waals surface area contributed by atoms with Crippen molar-refractivity contribution >= 4 is 23.3 Å². The maximum absolute atomic E-state index is 14.5. The summed E-state index contributed by atoms with van der Waals surface area (Å²) < 4.78 is 16.3. The van der Waals surface area contributed by atoms with Crippen LogP contribution in [-0.2, 0) is 0 Å².